The van der Waals surface area contributed by atoms with Gasteiger partial charge >= 0.3 is 0 Å². The van der Waals surface area contributed by atoms with Crippen LogP contribution in [0.3, 0.4) is 0 Å². The molecule has 5 heteroatoms. The second-order valence-electron chi connectivity index (χ2n) is 4.56. The standard InChI is InChI=1S/C16H15BrClNO2/c17-14-10-13(6-7-15(14)18)16(21)19(8-9-20)11-12-4-2-1-3-5-12/h1-7,10,20H,8-9,11H2. The number of nitrogens with zero attached hydrogens (tertiary/aromatic N) is 1. The fourth-order valence-corrected chi connectivity index (χ4v) is 2.48. The SMILES string of the molecule is O=C(c1ccc(Cl)c(Br)c1)N(CCO)Cc1ccccc1. The van der Waals surface area contributed by atoms with Crippen molar-refractivity contribution in [3.05, 3.63) is 69.2 Å². The molecular weight excluding hydrogens is 354 g/mol. The second-order valence-corrected chi connectivity index (χ2v) is 5.83. The number of benzene rings is 2. The zero-order valence-electron chi connectivity index (χ0n) is 11.3. The highest BCUT2D eigenvalue weighted by atomic mass is 79.9. The number of halogens is 2. The number of rotatable bonds is 5. The van der Waals surface area contributed by atoms with Crippen molar-refractivity contribution in [1.29, 1.82) is 0 Å². The van der Waals surface area contributed by atoms with E-state index >= 15 is 0 Å². The van der Waals surface area contributed by atoms with Crippen molar-refractivity contribution in [1.82, 2.24) is 4.90 Å². The summed E-state index contributed by atoms with van der Waals surface area (Å²) < 4.78 is 0.679. The van der Waals surface area contributed by atoms with Gasteiger partial charge in [0.25, 0.3) is 5.91 Å². The molecule has 0 saturated carbocycles. The number of aliphatic hydroxyl groups excluding tert-OH is 1. The first-order valence-electron chi connectivity index (χ1n) is 6.51. The van der Waals surface area contributed by atoms with E-state index in [4.69, 9.17) is 11.6 Å². The minimum Gasteiger partial charge on any atom is -0.395 e. The van der Waals surface area contributed by atoms with E-state index in [1.54, 1.807) is 23.1 Å². The Morgan fingerprint density at radius 2 is 1.90 bits per heavy atom. The Balaban J connectivity index is 2.20. The molecule has 0 radical (unpaired) electrons. The second kappa shape index (κ2) is 7.59. The van der Waals surface area contributed by atoms with Gasteiger partial charge in [-0.3, -0.25) is 4.79 Å². The summed E-state index contributed by atoms with van der Waals surface area (Å²) in [6.45, 7) is 0.668. The van der Waals surface area contributed by atoms with Crippen molar-refractivity contribution in [2.24, 2.45) is 0 Å². The van der Waals surface area contributed by atoms with Crippen LogP contribution >= 0.6 is 27.5 Å². The van der Waals surface area contributed by atoms with Gasteiger partial charge in [0.2, 0.25) is 0 Å². The molecule has 0 spiro atoms. The Bertz CT molecular complexity index is 619. The minimum absolute atomic E-state index is 0.0761. The molecule has 2 aromatic carbocycles. The van der Waals surface area contributed by atoms with Gasteiger partial charge in [-0.15, -0.1) is 0 Å². The number of hydrogen-bond acceptors (Lipinski definition) is 2. The third kappa shape index (κ3) is 4.30. The summed E-state index contributed by atoms with van der Waals surface area (Å²) >= 11 is 9.26. The van der Waals surface area contributed by atoms with Crippen molar-refractivity contribution in [3.8, 4) is 0 Å². The van der Waals surface area contributed by atoms with Gasteiger partial charge < -0.3 is 10.0 Å². The molecule has 0 aliphatic carbocycles. The molecule has 0 fully saturated rings. The highest BCUT2D eigenvalue weighted by Gasteiger charge is 2.16. The van der Waals surface area contributed by atoms with Crippen molar-refractivity contribution < 1.29 is 9.90 Å². The summed E-state index contributed by atoms with van der Waals surface area (Å²) in [5, 5.41) is 9.74. The molecule has 0 atom stereocenters. The zero-order chi connectivity index (χ0) is 15.2. The van der Waals surface area contributed by atoms with E-state index in [1.165, 1.54) is 0 Å². The van der Waals surface area contributed by atoms with Crippen LogP contribution < -0.4 is 0 Å². The van der Waals surface area contributed by atoms with Crippen LogP contribution in [0.2, 0.25) is 5.02 Å². The number of carbonyl (C=O) groups is 1. The summed E-state index contributed by atoms with van der Waals surface area (Å²) in [4.78, 5) is 14.2. The lowest BCUT2D eigenvalue weighted by Crippen LogP contribution is -2.33. The van der Waals surface area contributed by atoms with Gasteiger partial charge in [0, 0.05) is 23.1 Å². The van der Waals surface area contributed by atoms with Gasteiger partial charge in [0.15, 0.2) is 0 Å². The monoisotopic (exact) mass is 367 g/mol. The first-order valence-corrected chi connectivity index (χ1v) is 7.68. The van der Waals surface area contributed by atoms with Gasteiger partial charge in [-0.2, -0.15) is 0 Å². The molecule has 2 rings (SSSR count). The van der Waals surface area contributed by atoms with E-state index < -0.39 is 0 Å². The molecule has 0 heterocycles. The maximum Gasteiger partial charge on any atom is 0.254 e. The number of amides is 1. The average Bonchev–Trinajstić information content (AvgIpc) is 2.50. The Morgan fingerprint density at radius 1 is 1.19 bits per heavy atom. The normalized spacial score (nSPS) is 10.4. The molecule has 1 N–H and O–H groups in total. The van der Waals surface area contributed by atoms with E-state index in [9.17, 15) is 9.90 Å². The number of aliphatic hydroxyl groups is 1. The van der Waals surface area contributed by atoms with E-state index in [-0.39, 0.29) is 19.1 Å². The third-order valence-corrected chi connectivity index (χ3v) is 4.25. The molecule has 0 saturated heterocycles. The lowest BCUT2D eigenvalue weighted by molar-refractivity contribution is 0.0708. The molecule has 0 aliphatic rings. The Labute approximate surface area is 137 Å². The largest absolute Gasteiger partial charge is 0.395 e. The summed E-state index contributed by atoms with van der Waals surface area (Å²) in [7, 11) is 0. The lowest BCUT2D eigenvalue weighted by Gasteiger charge is -2.22. The highest BCUT2D eigenvalue weighted by Crippen LogP contribution is 2.24. The van der Waals surface area contributed by atoms with Gasteiger partial charge in [0.05, 0.1) is 11.6 Å². The van der Waals surface area contributed by atoms with Crippen molar-refractivity contribution in [2.45, 2.75) is 6.54 Å². The minimum atomic E-state index is -0.134. The highest BCUT2D eigenvalue weighted by molar-refractivity contribution is 9.10. The molecular formula is C16H15BrClNO2. The Morgan fingerprint density at radius 3 is 2.52 bits per heavy atom. The van der Waals surface area contributed by atoms with E-state index in [2.05, 4.69) is 15.9 Å². The van der Waals surface area contributed by atoms with E-state index in [0.717, 1.165) is 5.56 Å². The van der Waals surface area contributed by atoms with E-state index in [0.29, 0.717) is 21.6 Å². The predicted molar refractivity (Wildman–Crippen MR) is 87.4 cm³/mol. The van der Waals surface area contributed by atoms with Crippen LogP contribution in [0.25, 0.3) is 0 Å². The van der Waals surface area contributed by atoms with Gasteiger partial charge in [0.1, 0.15) is 0 Å². The van der Waals surface area contributed by atoms with E-state index in [1.807, 2.05) is 30.3 Å². The van der Waals surface area contributed by atoms with Crippen LogP contribution in [0, 0.1) is 0 Å². The Kier molecular flexibility index (Phi) is 5.79. The quantitative estimate of drug-likeness (QED) is 0.873. The van der Waals surface area contributed by atoms with Crippen LogP contribution in [0.4, 0.5) is 0 Å². The number of hydrogen-bond donors (Lipinski definition) is 1. The molecule has 0 aromatic heterocycles. The molecule has 110 valence electrons. The summed E-state index contributed by atoms with van der Waals surface area (Å²) in [6.07, 6.45) is 0. The third-order valence-electron chi connectivity index (χ3n) is 3.04. The zero-order valence-corrected chi connectivity index (χ0v) is 13.6. The molecule has 0 aliphatic heterocycles. The van der Waals surface area contributed by atoms with Crippen LogP contribution in [-0.4, -0.2) is 29.1 Å². The lowest BCUT2D eigenvalue weighted by atomic mass is 10.1. The van der Waals surface area contributed by atoms with Crippen LogP contribution in [0.15, 0.2) is 53.0 Å². The van der Waals surface area contributed by atoms with Crippen molar-refractivity contribution in [2.75, 3.05) is 13.2 Å². The van der Waals surface area contributed by atoms with Crippen molar-refractivity contribution in [3.63, 3.8) is 0 Å². The first-order chi connectivity index (χ1) is 10.1. The van der Waals surface area contributed by atoms with Gasteiger partial charge in [-0.25, -0.2) is 0 Å². The maximum absolute atomic E-state index is 12.6. The van der Waals surface area contributed by atoms with Crippen LogP contribution in [0.5, 0.6) is 0 Å². The molecule has 0 unspecified atom stereocenters. The molecule has 2 aromatic rings. The Hall–Kier alpha value is -1.36. The maximum atomic E-state index is 12.6. The predicted octanol–water partition coefficient (Wildman–Crippen LogP) is 3.74. The molecule has 0 bridgehead atoms. The first kappa shape index (κ1) is 16.0. The topological polar surface area (TPSA) is 40.5 Å². The van der Waals surface area contributed by atoms with Crippen molar-refractivity contribution >= 4 is 33.4 Å². The fraction of sp³-hybridized carbons (Fsp3) is 0.188. The number of carbonyl (C=O) groups excluding carboxylic acids is 1. The summed E-state index contributed by atoms with van der Waals surface area (Å²) in [5.41, 5.74) is 1.56. The molecule has 21 heavy (non-hydrogen) atoms. The van der Waals surface area contributed by atoms with Gasteiger partial charge in [-0.05, 0) is 39.7 Å². The molecule has 3 nitrogen and oxygen atoms in total. The van der Waals surface area contributed by atoms with Crippen LogP contribution in [0.1, 0.15) is 15.9 Å². The smallest absolute Gasteiger partial charge is 0.254 e. The summed E-state index contributed by atoms with van der Waals surface area (Å²) in [5.74, 6) is -0.134. The van der Waals surface area contributed by atoms with Crippen LogP contribution in [-0.2, 0) is 6.54 Å². The van der Waals surface area contributed by atoms with Gasteiger partial charge in [-0.1, -0.05) is 41.9 Å². The average molecular weight is 369 g/mol. The molecule has 1 amide bonds. The summed E-state index contributed by atoms with van der Waals surface area (Å²) in [6, 6.07) is 14.7. The fourth-order valence-electron chi connectivity index (χ4n) is 1.99.